The molecule has 1 aromatic carbocycles. The summed E-state index contributed by atoms with van der Waals surface area (Å²) in [7, 11) is 2.66. The first-order valence-electron chi connectivity index (χ1n) is 5.87. The molecule has 106 valence electrons. The molecule has 0 spiro atoms. The van der Waals surface area contributed by atoms with E-state index in [0.29, 0.717) is 21.2 Å². The molecule has 0 bridgehead atoms. The number of aromatic hydroxyl groups is 2. The number of phenols is 2. The van der Waals surface area contributed by atoms with E-state index in [0.717, 1.165) is 6.08 Å². The number of hydrogen-bond acceptors (Lipinski definition) is 7. The van der Waals surface area contributed by atoms with Crippen LogP contribution in [0, 0.1) is 0 Å². The summed E-state index contributed by atoms with van der Waals surface area (Å²) >= 11 is 0. The maximum absolute atomic E-state index is 11.1. The van der Waals surface area contributed by atoms with E-state index in [4.69, 9.17) is 0 Å². The van der Waals surface area contributed by atoms with Crippen molar-refractivity contribution < 1.29 is 20.1 Å². The highest BCUT2D eigenvalue weighted by molar-refractivity contribution is 8.84. The van der Waals surface area contributed by atoms with E-state index in [-0.39, 0.29) is 23.0 Å². The summed E-state index contributed by atoms with van der Waals surface area (Å²) in [6.07, 6.45) is 4.02. The zero-order valence-corrected chi connectivity index (χ0v) is 12.1. The minimum absolute atomic E-state index is 0.0274. The lowest BCUT2D eigenvalue weighted by molar-refractivity contribution is -0.110. The smallest absolute Gasteiger partial charge is 0.182 e. The molecule has 0 saturated heterocycles. The third kappa shape index (κ3) is 2.70. The number of hydrogen-bond donors (Lipinski definition) is 3. The highest BCUT2D eigenvalue weighted by Gasteiger charge is 2.23. The first kappa shape index (κ1) is 13.8. The molecule has 1 aliphatic carbocycles. The van der Waals surface area contributed by atoms with Gasteiger partial charge in [-0.2, -0.15) is 0 Å². The van der Waals surface area contributed by atoms with Crippen molar-refractivity contribution in [2.24, 2.45) is 4.99 Å². The first-order valence-corrected chi connectivity index (χ1v) is 8.02. The summed E-state index contributed by atoms with van der Waals surface area (Å²) in [6, 6.07) is 4.27. The fourth-order valence-electron chi connectivity index (χ4n) is 1.81. The number of benzene rings is 1. The van der Waals surface area contributed by atoms with Crippen LogP contribution in [0.4, 0.5) is 0 Å². The number of allylic oxidation sites excluding steroid dienone is 3. The zero-order valence-electron chi connectivity index (χ0n) is 10.5. The summed E-state index contributed by atoms with van der Waals surface area (Å²) in [5.41, 5.74) is 0.973. The van der Waals surface area contributed by atoms with Crippen molar-refractivity contribution in [3.63, 3.8) is 0 Å². The van der Waals surface area contributed by atoms with Crippen LogP contribution in [-0.2, 0) is 4.79 Å². The van der Waals surface area contributed by atoms with Gasteiger partial charge in [0.25, 0.3) is 0 Å². The molecule has 0 aromatic heterocycles. The van der Waals surface area contributed by atoms with Crippen molar-refractivity contribution in [3.05, 3.63) is 58.4 Å². The van der Waals surface area contributed by atoms with Crippen LogP contribution in [-0.4, -0.2) is 26.1 Å². The number of phenolic OH excluding ortho intramolecular Hbond substituents is 2. The van der Waals surface area contributed by atoms with Crippen molar-refractivity contribution in [2.45, 2.75) is 0 Å². The van der Waals surface area contributed by atoms with Crippen molar-refractivity contribution in [1.29, 1.82) is 0 Å². The molecule has 1 aliphatic heterocycles. The van der Waals surface area contributed by atoms with Crippen LogP contribution in [0.1, 0.15) is 5.56 Å². The van der Waals surface area contributed by atoms with Gasteiger partial charge >= 0.3 is 0 Å². The van der Waals surface area contributed by atoms with Crippen LogP contribution >= 0.6 is 21.6 Å². The van der Waals surface area contributed by atoms with Gasteiger partial charge in [-0.15, -0.1) is 0 Å². The van der Waals surface area contributed by atoms with Crippen LogP contribution in [0.25, 0.3) is 0 Å². The van der Waals surface area contributed by atoms with E-state index >= 15 is 0 Å². The van der Waals surface area contributed by atoms with Crippen LogP contribution in [0.15, 0.2) is 57.8 Å². The molecule has 0 amide bonds. The Kier molecular flexibility index (Phi) is 3.52. The normalized spacial score (nSPS) is 21.4. The molecule has 0 radical (unpaired) electrons. The Hall–Kier alpha value is -2.12. The van der Waals surface area contributed by atoms with Crippen LogP contribution in [0.3, 0.4) is 0 Å². The Morgan fingerprint density at radius 3 is 2.57 bits per heavy atom. The van der Waals surface area contributed by atoms with Crippen molar-refractivity contribution in [1.82, 2.24) is 0 Å². The maximum atomic E-state index is 11.1. The van der Waals surface area contributed by atoms with Crippen LogP contribution < -0.4 is 0 Å². The predicted molar refractivity (Wildman–Crippen MR) is 83.4 cm³/mol. The quantitative estimate of drug-likeness (QED) is 0.689. The minimum Gasteiger partial charge on any atom is -0.508 e. The van der Waals surface area contributed by atoms with Crippen molar-refractivity contribution in [3.8, 4) is 11.5 Å². The molecule has 0 atom stereocenters. The SMILES string of the molecule is O=C1C=C/C(=C2\N=C(c3ccc(O)cc3O)SS2)C(O)=C1. The fraction of sp³-hybridized carbons (Fsp3) is 0. The number of ketones is 1. The summed E-state index contributed by atoms with van der Waals surface area (Å²) in [6.45, 7) is 0. The summed E-state index contributed by atoms with van der Waals surface area (Å²) in [4.78, 5) is 15.5. The molecular formula is C14H9NO4S2. The third-order valence-corrected chi connectivity index (χ3v) is 5.03. The van der Waals surface area contributed by atoms with E-state index in [9.17, 15) is 20.1 Å². The number of nitrogens with zero attached hydrogens (tertiary/aromatic N) is 1. The second kappa shape index (κ2) is 5.34. The average Bonchev–Trinajstić information content (AvgIpc) is 2.87. The van der Waals surface area contributed by atoms with E-state index < -0.39 is 0 Å². The number of aliphatic hydroxyl groups is 1. The summed E-state index contributed by atoms with van der Waals surface area (Å²) in [5, 5.41) is 30.1. The van der Waals surface area contributed by atoms with Gasteiger partial charge in [-0.1, -0.05) is 0 Å². The monoisotopic (exact) mass is 319 g/mol. The van der Waals surface area contributed by atoms with Crippen molar-refractivity contribution >= 4 is 32.4 Å². The van der Waals surface area contributed by atoms with E-state index in [2.05, 4.69) is 4.99 Å². The van der Waals surface area contributed by atoms with Gasteiger partial charge in [-0.05, 0) is 45.9 Å². The van der Waals surface area contributed by atoms with Gasteiger partial charge in [0.2, 0.25) is 0 Å². The van der Waals surface area contributed by atoms with Crippen molar-refractivity contribution in [2.75, 3.05) is 0 Å². The van der Waals surface area contributed by atoms with Gasteiger partial charge in [0.15, 0.2) is 5.78 Å². The molecule has 0 fully saturated rings. The third-order valence-electron chi connectivity index (χ3n) is 2.81. The largest absolute Gasteiger partial charge is 0.508 e. The lowest BCUT2D eigenvalue weighted by atomic mass is 10.1. The van der Waals surface area contributed by atoms with E-state index in [1.54, 1.807) is 6.07 Å². The lowest BCUT2D eigenvalue weighted by Crippen LogP contribution is -2.00. The van der Waals surface area contributed by atoms with Gasteiger partial charge in [0.05, 0.1) is 0 Å². The number of rotatable bonds is 1. The number of carbonyl (C=O) groups excluding carboxylic acids is 1. The molecule has 0 unspecified atom stereocenters. The Morgan fingerprint density at radius 2 is 1.86 bits per heavy atom. The Bertz CT molecular complexity index is 762. The molecule has 21 heavy (non-hydrogen) atoms. The molecule has 0 saturated carbocycles. The van der Waals surface area contributed by atoms with E-state index in [1.165, 1.54) is 45.9 Å². The second-order valence-electron chi connectivity index (χ2n) is 4.27. The van der Waals surface area contributed by atoms with Gasteiger partial charge in [0.1, 0.15) is 27.3 Å². The Morgan fingerprint density at radius 1 is 1.05 bits per heavy atom. The lowest BCUT2D eigenvalue weighted by Gasteiger charge is -2.06. The molecule has 1 heterocycles. The summed E-state index contributed by atoms with van der Waals surface area (Å²) < 4.78 is 0. The Balaban J connectivity index is 2.00. The highest BCUT2D eigenvalue weighted by Crippen LogP contribution is 2.46. The minimum atomic E-state index is -0.270. The number of carbonyl (C=O) groups is 1. The molecule has 3 rings (SSSR count). The molecular weight excluding hydrogens is 310 g/mol. The molecule has 3 N–H and O–H groups in total. The predicted octanol–water partition coefficient (Wildman–Crippen LogP) is 3.03. The number of aliphatic hydroxyl groups excluding tert-OH is 1. The van der Waals surface area contributed by atoms with Crippen LogP contribution in [0.5, 0.6) is 11.5 Å². The van der Waals surface area contributed by atoms with Gasteiger partial charge in [-0.3, -0.25) is 4.79 Å². The Labute approximate surface area is 127 Å². The van der Waals surface area contributed by atoms with Gasteiger partial charge in [-0.25, -0.2) is 4.99 Å². The molecule has 5 nitrogen and oxygen atoms in total. The molecule has 7 heteroatoms. The summed E-state index contributed by atoms with van der Waals surface area (Å²) in [5.74, 6) is -0.485. The second-order valence-corrected chi connectivity index (χ2v) is 6.38. The molecule has 1 aromatic rings. The topological polar surface area (TPSA) is 90.1 Å². The van der Waals surface area contributed by atoms with Gasteiger partial charge < -0.3 is 15.3 Å². The van der Waals surface area contributed by atoms with E-state index in [1.807, 2.05) is 0 Å². The zero-order chi connectivity index (χ0) is 15.0. The maximum Gasteiger partial charge on any atom is 0.182 e. The number of aliphatic imine (C=N–C) groups is 1. The molecule has 2 aliphatic rings. The van der Waals surface area contributed by atoms with Gasteiger partial charge in [0, 0.05) is 23.3 Å². The average molecular weight is 319 g/mol. The van der Waals surface area contributed by atoms with Crippen LogP contribution in [0.2, 0.25) is 0 Å². The highest BCUT2D eigenvalue weighted by atomic mass is 33.1. The fourth-order valence-corrected chi connectivity index (χ4v) is 4.05. The standard InChI is InChI=1S/C14H9NO4S2/c16-7-1-3-9(11(18)5-7)13-15-14(21-20-13)10-4-2-8(17)6-12(10)19/h1-6,16,18-19H/b14-10-. The first-order chi connectivity index (χ1) is 10.0.